The number of hydrogen-bond acceptors (Lipinski definition) is 4. The molecule has 33 heavy (non-hydrogen) atoms. The van der Waals surface area contributed by atoms with Crippen LogP contribution in [0.2, 0.25) is 5.02 Å². The molecule has 0 radical (unpaired) electrons. The van der Waals surface area contributed by atoms with Gasteiger partial charge in [0.25, 0.3) is 10.0 Å². The van der Waals surface area contributed by atoms with Gasteiger partial charge < -0.3 is 5.11 Å². The number of nitrogens with zero attached hydrogens (tertiary/aromatic N) is 2. The fraction of sp³-hybridized carbons (Fsp3) is 0.280. The van der Waals surface area contributed by atoms with E-state index in [1.54, 1.807) is 42.5 Å². The molecule has 1 aliphatic heterocycles. The summed E-state index contributed by atoms with van der Waals surface area (Å²) in [7, 11) is -3.84. The smallest absolute Gasteiger partial charge is 0.264 e. The van der Waals surface area contributed by atoms with Crippen molar-refractivity contribution in [3.05, 3.63) is 88.7 Å². The second-order valence-corrected chi connectivity index (χ2v) is 10.6. The van der Waals surface area contributed by atoms with Crippen LogP contribution in [-0.2, 0) is 16.6 Å². The molecule has 0 saturated carbocycles. The molecule has 0 bridgehead atoms. The van der Waals surface area contributed by atoms with Gasteiger partial charge in [-0.05, 0) is 74.4 Å². The Morgan fingerprint density at radius 1 is 1.03 bits per heavy atom. The number of hydrogen-bond donors (Lipinski definition) is 1. The van der Waals surface area contributed by atoms with E-state index in [4.69, 9.17) is 11.6 Å². The maximum Gasteiger partial charge on any atom is 0.264 e. The number of phenolic OH excluding ortho intramolecular Hbond substituents is 1. The van der Waals surface area contributed by atoms with Crippen molar-refractivity contribution >= 4 is 27.3 Å². The summed E-state index contributed by atoms with van der Waals surface area (Å²) < 4.78 is 42.3. The third-order valence-electron chi connectivity index (χ3n) is 5.98. The molecule has 0 amide bonds. The summed E-state index contributed by atoms with van der Waals surface area (Å²) in [6.45, 7) is 3.73. The van der Waals surface area contributed by atoms with E-state index in [1.165, 1.54) is 28.6 Å². The Hall–Kier alpha value is -2.61. The number of likely N-dealkylation sites (tertiary alicyclic amines) is 1. The molecule has 3 aromatic rings. The molecule has 1 N–H and O–H groups in total. The Morgan fingerprint density at radius 2 is 1.67 bits per heavy atom. The maximum atomic E-state index is 13.7. The number of halogens is 2. The Balaban J connectivity index is 1.57. The van der Waals surface area contributed by atoms with Crippen molar-refractivity contribution < 1.29 is 17.9 Å². The van der Waals surface area contributed by atoms with E-state index < -0.39 is 15.8 Å². The molecule has 1 saturated heterocycles. The highest BCUT2D eigenvalue weighted by atomic mass is 35.5. The first-order valence-corrected chi connectivity index (χ1v) is 12.6. The van der Waals surface area contributed by atoms with Crippen molar-refractivity contribution in [3.8, 4) is 5.75 Å². The molecule has 0 atom stereocenters. The van der Waals surface area contributed by atoms with Crippen LogP contribution in [0.3, 0.4) is 0 Å². The molecule has 174 valence electrons. The summed E-state index contributed by atoms with van der Waals surface area (Å²) in [5.74, 6) is -0.223. The van der Waals surface area contributed by atoms with Crippen LogP contribution in [0.4, 0.5) is 10.1 Å². The minimum atomic E-state index is -3.84. The van der Waals surface area contributed by atoms with E-state index in [-0.39, 0.29) is 16.7 Å². The largest absolute Gasteiger partial charge is 0.508 e. The SMILES string of the molecule is Cc1ccc(S(=O)(=O)N(c2ccc(F)cc2)C2CCN(Cc3cc(Cl)ccc3O)CC2)cc1. The molecule has 0 aromatic heterocycles. The number of sulfonamides is 1. The van der Waals surface area contributed by atoms with Gasteiger partial charge in [-0.1, -0.05) is 29.3 Å². The fourth-order valence-electron chi connectivity index (χ4n) is 4.19. The number of benzene rings is 3. The second-order valence-electron chi connectivity index (χ2n) is 8.37. The Bertz CT molecular complexity index is 1210. The Morgan fingerprint density at radius 3 is 2.30 bits per heavy atom. The lowest BCUT2D eigenvalue weighted by Crippen LogP contribution is -2.47. The highest BCUT2D eigenvalue weighted by Gasteiger charge is 2.34. The molecule has 8 heteroatoms. The monoisotopic (exact) mass is 488 g/mol. The van der Waals surface area contributed by atoms with Gasteiger partial charge in [0.2, 0.25) is 0 Å². The quantitative estimate of drug-likeness (QED) is 0.508. The number of piperidine rings is 1. The van der Waals surface area contributed by atoms with Crippen LogP contribution in [0.5, 0.6) is 5.75 Å². The predicted molar refractivity (Wildman–Crippen MR) is 129 cm³/mol. The molecule has 4 rings (SSSR count). The summed E-state index contributed by atoms with van der Waals surface area (Å²) in [5, 5.41) is 10.7. The molecule has 1 aliphatic rings. The topological polar surface area (TPSA) is 60.9 Å². The predicted octanol–water partition coefficient (Wildman–Crippen LogP) is 5.35. The highest BCUT2D eigenvalue weighted by molar-refractivity contribution is 7.92. The van der Waals surface area contributed by atoms with E-state index in [2.05, 4.69) is 4.90 Å². The first kappa shape index (κ1) is 23.5. The lowest BCUT2D eigenvalue weighted by molar-refractivity contribution is 0.204. The van der Waals surface area contributed by atoms with Crippen molar-refractivity contribution in [1.29, 1.82) is 0 Å². The molecule has 1 heterocycles. The molecule has 0 aliphatic carbocycles. The number of aromatic hydroxyl groups is 1. The first-order chi connectivity index (χ1) is 15.7. The van der Waals surface area contributed by atoms with E-state index in [0.29, 0.717) is 43.2 Å². The summed E-state index contributed by atoms with van der Waals surface area (Å²) in [5.41, 5.74) is 2.16. The van der Waals surface area contributed by atoms with Crippen LogP contribution in [0, 0.1) is 12.7 Å². The molecular formula is C25H26ClFN2O3S. The van der Waals surface area contributed by atoms with Gasteiger partial charge in [-0.2, -0.15) is 0 Å². The van der Waals surface area contributed by atoms with E-state index in [0.717, 1.165) is 11.1 Å². The first-order valence-electron chi connectivity index (χ1n) is 10.8. The van der Waals surface area contributed by atoms with E-state index in [1.807, 2.05) is 6.92 Å². The summed E-state index contributed by atoms with van der Waals surface area (Å²) in [4.78, 5) is 2.38. The van der Waals surface area contributed by atoms with Gasteiger partial charge in [0.15, 0.2) is 0 Å². The number of anilines is 1. The van der Waals surface area contributed by atoms with Crippen molar-refractivity contribution in [2.45, 2.75) is 37.2 Å². The van der Waals surface area contributed by atoms with Crippen molar-refractivity contribution in [2.24, 2.45) is 0 Å². The van der Waals surface area contributed by atoms with Crippen LogP contribution in [0.15, 0.2) is 71.6 Å². The van der Waals surface area contributed by atoms with Gasteiger partial charge in [-0.15, -0.1) is 0 Å². The van der Waals surface area contributed by atoms with Gasteiger partial charge in [0, 0.05) is 36.3 Å². The van der Waals surface area contributed by atoms with Crippen molar-refractivity contribution in [3.63, 3.8) is 0 Å². The third-order valence-corrected chi connectivity index (χ3v) is 8.11. The summed E-state index contributed by atoms with van der Waals surface area (Å²) in [6, 6.07) is 17.0. The minimum absolute atomic E-state index is 0.191. The van der Waals surface area contributed by atoms with Crippen LogP contribution in [-0.4, -0.2) is 37.6 Å². The molecule has 5 nitrogen and oxygen atoms in total. The average molecular weight is 489 g/mol. The van der Waals surface area contributed by atoms with Gasteiger partial charge in [0.1, 0.15) is 11.6 Å². The second kappa shape index (κ2) is 9.71. The summed E-state index contributed by atoms with van der Waals surface area (Å²) in [6.07, 6.45) is 1.20. The molecule has 1 fully saturated rings. The molecular weight excluding hydrogens is 463 g/mol. The number of phenols is 1. The van der Waals surface area contributed by atoms with Gasteiger partial charge in [-0.25, -0.2) is 12.8 Å². The van der Waals surface area contributed by atoms with E-state index in [9.17, 15) is 17.9 Å². The Labute approximate surface area is 199 Å². The molecule has 3 aromatic carbocycles. The third kappa shape index (κ3) is 5.32. The van der Waals surface area contributed by atoms with Crippen LogP contribution >= 0.6 is 11.6 Å². The zero-order valence-corrected chi connectivity index (χ0v) is 19.9. The highest BCUT2D eigenvalue weighted by Crippen LogP contribution is 2.32. The lowest BCUT2D eigenvalue weighted by Gasteiger charge is -2.39. The van der Waals surface area contributed by atoms with Gasteiger partial charge >= 0.3 is 0 Å². The van der Waals surface area contributed by atoms with Gasteiger partial charge in [0.05, 0.1) is 10.6 Å². The van der Waals surface area contributed by atoms with Crippen LogP contribution < -0.4 is 4.31 Å². The maximum absolute atomic E-state index is 13.7. The number of rotatable bonds is 6. The molecule has 0 spiro atoms. The van der Waals surface area contributed by atoms with Gasteiger partial charge in [-0.3, -0.25) is 9.21 Å². The average Bonchev–Trinajstić information content (AvgIpc) is 2.79. The lowest BCUT2D eigenvalue weighted by atomic mass is 10.0. The van der Waals surface area contributed by atoms with Crippen molar-refractivity contribution in [2.75, 3.05) is 17.4 Å². The van der Waals surface area contributed by atoms with E-state index >= 15 is 0 Å². The fourth-order valence-corrected chi connectivity index (χ4v) is 6.10. The number of aryl methyl sites for hydroxylation is 1. The van der Waals surface area contributed by atoms with Crippen LogP contribution in [0.1, 0.15) is 24.0 Å². The van der Waals surface area contributed by atoms with Crippen molar-refractivity contribution in [1.82, 2.24) is 4.90 Å². The Kier molecular flexibility index (Phi) is 6.93. The zero-order valence-electron chi connectivity index (χ0n) is 18.3. The normalized spacial score (nSPS) is 15.5. The zero-order chi connectivity index (χ0) is 23.6. The van der Waals surface area contributed by atoms with Crippen LogP contribution in [0.25, 0.3) is 0 Å². The summed E-state index contributed by atoms with van der Waals surface area (Å²) >= 11 is 6.07. The standard InChI is InChI=1S/C25H26ClFN2O3S/c1-18-2-9-24(10-3-18)33(31,32)29(22-7-5-21(27)6-8-22)23-12-14-28(15-13-23)17-19-16-20(26)4-11-25(19)30/h2-11,16,23,30H,12-15,17H2,1H3. The minimum Gasteiger partial charge on any atom is -0.508 e. The molecule has 0 unspecified atom stereocenters.